The number of Topliss-reactive ketones (excluding diaryl/α,β-unsaturated/α-hetero) is 1. The van der Waals surface area contributed by atoms with Gasteiger partial charge in [0.15, 0.2) is 5.78 Å². The number of carbonyl (C=O) groups excluding carboxylic acids is 3. The molecule has 5 nitrogen and oxygen atoms in total. The van der Waals surface area contributed by atoms with Gasteiger partial charge in [-0.05, 0) is 35.2 Å². The van der Waals surface area contributed by atoms with Crippen molar-refractivity contribution in [3.63, 3.8) is 0 Å². The summed E-state index contributed by atoms with van der Waals surface area (Å²) in [6.45, 7) is 0. The normalized spacial score (nSPS) is 16.1. The fourth-order valence-electron chi connectivity index (χ4n) is 2.38. The van der Waals surface area contributed by atoms with Crippen LogP contribution in [0.5, 0.6) is 0 Å². The molecule has 22 heavy (non-hydrogen) atoms. The summed E-state index contributed by atoms with van der Waals surface area (Å²) in [5.74, 6) is -2.08. The number of amides is 3. The number of urea groups is 1. The molecule has 1 aromatic heterocycles. The summed E-state index contributed by atoms with van der Waals surface area (Å²) in [7, 11) is 0. The Balaban J connectivity index is 0.00000176. The number of carbonyl (C=O) groups is 3. The van der Waals surface area contributed by atoms with Gasteiger partial charge in [-0.1, -0.05) is 17.7 Å². The van der Waals surface area contributed by atoms with Gasteiger partial charge < -0.3 is 5.73 Å². The van der Waals surface area contributed by atoms with Crippen LogP contribution < -0.4 is 10.6 Å². The Kier molecular flexibility index (Phi) is 5.09. The molecule has 1 unspecified atom stereocenters. The van der Waals surface area contributed by atoms with Crippen molar-refractivity contribution in [1.29, 1.82) is 0 Å². The minimum atomic E-state index is -1.08. The number of thiophene rings is 1. The number of nitrogens with two attached hydrogens (primary N) is 1. The summed E-state index contributed by atoms with van der Waals surface area (Å²) in [5.41, 5.74) is 5.97. The summed E-state index contributed by atoms with van der Waals surface area (Å²) >= 11 is 7.18. The molecule has 0 spiro atoms. The Bertz CT molecular complexity index is 763. The van der Waals surface area contributed by atoms with E-state index in [1.165, 1.54) is 23.5 Å². The molecule has 3 rings (SSSR count). The number of rotatable bonds is 2. The van der Waals surface area contributed by atoms with E-state index >= 15 is 0 Å². The maximum Gasteiger partial charge on any atom is 0.326 e. The molecule has 1 aliphatic rings. The number of ketones is 1. The first-order valence-corrected chi connectivity index (χ1v) is 7.27. The van der Waals surface area contributed by atoms with Crippen molar-refractivity contribution in [3.05, 3.63) is 51.2 Å². The van der Waals surface area contributed by atoms with Gasteiger partial charge in [0.25, 0.3) is 5.91 Å². The average Bonchev–Trinajstić information content (AvgIpc) is 3.03. The van der Waals surface area contributed by atoms with E-state index in [0.717, 1.165) is 4.90 Å². The monoisotopic (exact) mass is 343 g/mol. The van der Waals surface area contributed by atoms with Crippen molar-refractivity contribution in [3.8, 4) is 0 Å². The molecule has 1 aliphatic heterocycles. The number of hydrogen-bond donors (Lipinski definition) is 1. The number of halogens is 1. The van der Waals surface area contributed by atoms with E-state index in [-0.39, 0.29) is 35.3 Å². The molecule has 2 aromatic rings. The zero-order valence-corrected chi connectivity index (χ0v) is 15.1. The predicted molar refractivity (Wildman–Crippen MR) is 85.7 cm³/mol. The molecule has 3 amide bonds. The summed E-state index contributed by atoms with van der Waals surface area (Å²) in [4.78, 5) is 37.7. The van der Waals surface area contributed by atoms with E-state index in [1.807, 2.05) is 0 Å². The maximum absolute atomic E-state index is 12.5. The largest absolute Gasteiger partial charge is 0.351 e. The van der Waals surface area contributed by atoms with Gasteiger partial charge in [0, 0.05) is 34.6 Å². The number of benzene rings is 1. The van der Waals surface area contributed by atoms with Crippen LogP contribution in [0.15, 0.2) is 35.7 Å². The van der Waals surface area contributed by atoms with Gasteiger partial charge in [-0.2, -0.15) is 0 Å². The third-order valence-corrected chi connectivity index (χ3v) is 4.37. The van der Waals surface area contributed by atoms with Gasteiger partial charge in [-0.25, -0.2) is 9.69 Å². The van der Waals surface area contributed by atoms with Gasteiger partial charge in [-0.15, -0.1) is 11.3 Å². The number of anilines is 1. The van der Waals surface area contributed by atoms with Crippen molar-refractivity contribution in [1.82, 2.24) is 0 Å². The first-order chi connectivity index (χ1) is 10.0. The Labute approximate surface area is 157 Å². The van der Waals surface area contributed by atoms with Crippen LogP contribution in [0.1, 0.15) is 21.2 Å². The third-order valence-electron chi connectivity index (χ3n) is 3.26. The molecule has 2 N–H and O–H groups in total. The molecule has 0 fully saturated rings. The van der Waals surface area contributed by atoms with E-state index < -0.39 is 17.9 Å². The fraction of sp³-hybridized carbons (Fsp3) is 0.0714. The van der Waals surface area contributed by atoms with E-state index in [9.17, 15) is 14.4 Å². The van der Waals surface area contributed by atoms with Crippen molar-refractivity contribution in [2.45, 2.75) is 5.92 Å². The van der Waals surface area contributed by atoms with Crippen LogP contribution in [0.4, 0.5) is 10.5 Å². The zero-order chi connectivity index (χ0) is 15.1. The van der Waals surface area contributed by atoms with Crippen molar-refractivity contribution < 1.29 is 14.4 Å². The predicted octanol–water partition coefficient (Wildman–Crippen LogP) is 2.41. The first kappa shape index (κ1) is 17.2. The topological polar surface area (TPSA) is 80.5 Å². The van der Waals surface area contributed by atoms with Crippen LogP contribution in [0.25, 0.3) is 0 Å². The maximum atomic E-state index is 12.5. The quantitative estimate of drug-likeness (QED) is 0.516. The van der Waals surface area contributed by atoms with Crippen LogP contribution >= 0.6 is 22.9 Å². The molecule has 8 heteroatoms. The SMILES string of the molecule is NC(=O)N1C(=O)C(C(=O)c2cccs2)c2cc(Cl)ccc21.[Na]. The molecule has 1 radical (unpaired) electrons. The number of nitrogens with zero attached hydrogens (tertiary/aromatic N) is 1. The van der Waals surface area contributed by atoms with Gasteiger partial charge >= 0.3 is 6.03 Å². The molecule has 0 saturated carbocycles. The van der Waals surface area contributed by atoms with Crippen LogP contribution in [0, 0.1) is 0 Å². The van der Waals surface area contributed by atoms with Gasteiger partial charge in [0.05, 0.1) is 10.6 Å². The first-order valence-electron chi connectivity index (χ1n) is 6.01. The summed E-state index contributed by atoms with van der Waals surface area (Å²) in [5, 5.41) is 2.13. The molecule has 1 aromatic carbocycles. The van der Waals surface area contributed by atoms with E-state index in [0.29, 0.717) is 21.2 Å². The Morgan fingerprint density at radius 2 is 2.00 bits per heavy atom. The number of imide groups is 1. The van der Waals surface area contributed by atoms with Gasteiger partial charge in [0.2, 0.25) is 0 Å². The molecule has 0 bridgehead atoms. The zero-order valence-electron chi connectivity index (χ0n) is 11.6. The number of hydrogen-bond acceptors (Lipinski definition) is 4. The second-order valence-corrected chi connectivity index (χ2v) is 5.87. The molecule has 107 valence electrons. The molecule has 1 atom stereocenters. The molecular formula is C14H9ClN2NaO3S. The van der Waals surface area contributed by atoms with Crippen LogP contribution in [-0.2, 0) is 4.79 Å². The Morgan fingerprint density at radius 1 is 1.27 bits per heavy atom. The minimum Gasteiger partial charge on any atom is -0.351 e. The van der Waals surface area contributed by atoms with Gasteiger partial charge in [0.1, 0.15) is 5.92 Å². The van der Waals surface area contributed by atoms with Crippen molar-refractivity contribution >= 4 is 75.9 Å². The fourth-order valence-corrected chi connectivity index (χ4v) is 3.26. The average molecular weight is 344 g/mol. The van der Waals surface area contributed by atoms with Crippen LogP contribution in [0.3, 0.4) is 0 Å². The van der Waals surface area contributed by atoms with Gasteiger partial charge in [-0.3, -0.25) is 9.59 Å². The molecule has 0 saturated heterocycles. The van der Waals surface area contributed by atoms with Crippen LogP contribution in [0.2, 0.25) is 5.02 Å². The van der Waals surface area contributed by atoms with E-state index in [1.54, 1.807) is 23.6 Å². The summed E-state index contributed by atoms with van der Waals surface area (Å²) < 4.78 is 0. The second-order valence-electron chi connectivity index (χ2n) is 4.49. The van der Waals surface area contributed by atoms with Crippen molar-refractivity contribution in [2.24, 2.45) is 5.73 Å². The van der Waals surface area contributed by atoms with Crippen LogP contribution in [-0.4, -0.2) is 47.3 Å². The number of fused-ring (bicyclic) bond motifs is 1. The smallest absolute Gasteiger partial charge is 0.326 e. The Morgan fingerprint density at radius 3 is 2.59 bits per heavy atom. The Hall–Kier alpha value is -1.18. The molecule has 0 aliphatic carbocycles. The summed E-state index contributed by atoms with van der Waals surface area (Å²) in [6, 6.07) is 7.03. The minimum absolute atomic E-state index is 0. The second kappa shape index (κ2) is 6.52. The van der Waals surface area contributed by atoms with E-state index in [2.05, 4.69) is 0 Å². The molecular weight excluding hydrogens is 335 g/mol. The number of primary amides is 1. The summed E-state index contributed by atoms with van der Waals surface area (Å²) in [6.07, 6.45) is 0. The van der Waals surface area contributed by atoms with Crippen molar-refractivity contribution in [2.75, 3.05) is 4.90 Å². The third kappa shape index (κ3) is 2.73. The van der Waals surface area contributed by atoms with E-state index in [4.69, 9.17) is 17.3 Å². The standard InChI is InChI=1S/C14H9ClN2O3S.Na/c15-7-3-4-9-8(6-7)11(13(19)17(9)14(16)20)12(18)10-2-1-5-21-10;/h1-6,11H,(H2,16,20);. The molecule has 2 heterocycles.